The Morgan fingerprint density at radius 2 is 2.25 bits per heavy atom. The molecule has 1 N–H and O–H groups in total. The second-order valence-electron chi connectivity index (χ2n) is 4.45. The van der Waals surface area contributed by atoms with Gasteiger partial charge in [0.25, 0.3) is 5.69 Å². The fourth-order valence-corrected chi connectivity index (χ4v) is 1.71. The fraction of sp³-hybridized carbons (Fsp3) is 0.455. The second kappa shape index (κ2) is 4.03. The van der Waals surface area contributed by atoms with E-state index in [-0.39, 0.29) is 11.2 Å². The number of halogens is 1. The van der Waals surface area contributed by atoms with Crippen molar-refractivity contribution in [2.24, 2.45) is 0 Å². The highest BCUT2D eigenvalue weighted by atomic mass is 35.5. The minimum Gasteiger partial charge on any atom is -0.307 e. The van der Waals surface area contributed by atoms with Gasteiger partial charge in [0.05, 0.1) is 9.95 Å². The highest BCUT2D eigenvalue weighted by Gasteiger charge is 2.36. The number of benzene rings is 1. The normalized spacial score (nSPS) is 17.1. The smallest absolute Gasteiger partial charge is 0.270 e. The van der Waals surface area contributed by atoms with Gasteiger partial charge in [0.2, 0.25) is 0 Å². The second-order valence-corrected chi connectivity index (χ2v) is 4.85. The van der Waals surface area contributed by atoms with Gasteiger partial charge in [0.15, 0.2) is 0 Å². The zero-order valence-electron chi connectivity index (χ0n) is 9.00. The average Bonchev–Trinajstić information content (AvgIpc) is 2.95. The molecule has 0 atom stereocenters. The summed E-state index contributed by atoms with van der Waals surface area (Å²) in [5.74, 6) is 0. The van der Waals surface area contributed by atoms with Crippen molar-refractivity contribution in [1.29, 1.82) is 0 Å². The first-order valence-electron chi connectivity index (χ1n) is 5.18. The number of hydrogen-bond acceptors (Lipinski definition) is 3. The Morgan fingerprint density at radius 1 is 1.56 bits per heavy atom. The van der Waals surface area contributed by atoms with E-state index in [9.17, 15) is 10.1 Å². The number of nitrogens with one attached hydrogen (secondary N) is 1. The van der Waals surface area contributed by atoms with E-state index >= 15 is 0 Å². The van der Waals surface area contributed by atoms with Crippen molar-refractivity contribution in [2.45, 2.75) is 31.8 Å². The van der Waals surface area contributed by atoms with Crippen LogP contribution in [0, 0.1) is 10.1 Å². The zero-order valence-corrected chi connectivity index (χ0v) is 9.75. The van der Waals surface area contributed by atoms with Crippen molar-refractivity contribution in [3.8, 4) is 0 Å². The summed E-state index contributed by atoms with van der Waals surface area (Å²) in [5.41, 5.74) is 1.18. The van der Waals surface area contributed by atoms with Gasteiger partial charge in [0, 0.05) is 24.2 Å². The topological polar surface area (TPSA) is 55.2 Å². The Kier molecular flexibility index (Phi) is 2.86. The number of hydrogen-bond donors (Lipinski definition) is 1. The van der Waals surface area contributed by atoms with Crippen LogP contribution < -0.4 is 5.32 Å². The Labute approximate surface area is 98.8 Å². The van der Waals surface area contributed by atoms with E-state index in [0.29, 0.717) is 11.6 Å². The van der Waals surface area contributed by atoms with Crippen LogP contribution in [0.4, 0.5) is 5.69 Å². The van der Waals surface area contributed by atoms with Crippen LogP contribution in [0.2, 0.25) is 5.02 Å². The lowest BCUT2D eigenvalue weighted by Crippen LogP contribution is -2.27. The maximum atomic E-state index is 10.5. The molecule has 0 aliphatic heterocycles. The molecule has 1 aromatic rings. The van der Waals surface area contributed by atoms with Crippen LogP contribution >= 0.6 is 11.6 Å². The molecule has 5 heteroatoms. The summed E-state index contributed by atoms with van der Waals surface area (Å²) in [4.78, 5) is 10.1. The Morgan fingerprint density at radius 3 is 2.75 bits per heavy atom. The molecule has 16 heavy (non-hydrogen) atoms. The van der Waals surface area contributed by atoms with Gasteiger partial charge in [-0.05, 0) is 31.4 Å². The van der Waals surface area contributed by atoms with E-state index in [1.807, 2.05) is 0 Å². The molecule has 0 spiro atoms. The van der Waals surface area contributed by atoms with Crippen molar-refractivity contribution in [1.82, 2.24) is 5.32 Å². The molecule has 1 aromatic carbocycles. The van der Waals surface area contributed by atoms with E-state index in [0.717, 1.165) is 5.56 Å². The van der Waals surface area contributed by atoms with Crippen molar-refractivity contribution in [3.05, 3.63) is 38.9 Å². The lowest BCUT2D eigenvalue weighted by atomic mass is 10.2. The van der Waals surface area contributed by atoms with E-state index in [2.05, 4.69) is 12.2 Å². The van der Waals surface area contributed by atoms with E-state index in [1.165, 1.54) is 25.0 Å². The summed E-state index contributed by atoms with van der Waals surface area (Å²) in [6.45, 7) is 2.82. The van der Waals surface area contributed by atoms with E-state index in [4.69, 9.17) is 11.6 Å². The summed E-state index contributed by atoms with van der Waals surface area (Å²) in [5, 5.41) is 14.4. The first-order chi connectivity index (χ1) is 7.50. The number of nitrogens with zero attached hydrogens (tertiary/aromatic N) is 1. The van der Waals surface area contributed by atoms with Crippen LogP contribution in [-0.2, 0) is 6.54 Å². The summed E-state index contributed by atoms with van der Waals surface area (Å²) in [6.07, 6.45) is 2.36. The monoisotopic (exact) mass is 240 g/mol. The highest BCUT2D eigenvalue weighted by molar-refractivity contribution is 6.31. The third-order valence-corrected chi connectivity index (χ3v) is 3.30. The molecule has 1 aliphatic rings. The van der Waals surface area contributed by atoms with Gasteiger partial charge in [-0.1, -0.05) is 11.6 Å². The number of rotatable bonds is 4. The van der Waals surface area contributed by atoms with Gasteiger partial charge in [-0.15, -0.1) is 0 Å². The average molecular weight is 241 g/mol. The minimum atomic E-state index is -0.439. The molecular weight excluding hydrogens is 228 g/mol. The van der Waals surface area contributed by atoms with Crippen LogP contribution in [-0.4, -0.2) is 10.5 Å². The van der Waals surface area contributed by atoms with Crippen LogP contribution in [0.15, 0.2) is 18.2 Å². The van der Waals surface area contributed by atoms with E-state index in [1.54, 1.807) is 6.07 Å². The number of nitro groups is 1. The highest BCUT2D eigenvalue weighted by Crippen LogP contribution is 2.35. The lowest BCUT2D eigenvalue weighted by Gasteiger charge is -2.11. The molecule has 2 rings (SSSR count). The van der Waals surface area contributed by atoms with Gasteiger partial charge in [-0.25, -0.2) is 0 Å². The number of nitro benzene ring substituents is 1. The van der Waals surface area contributed by atoms with Gasteiger partial charge in [-0.2, -0.15) is 0 Å². The van der Waals surface area contributed by atoms with Crippen molar-refractivity contribution in [3.63, 3.8) is 0 Å². The molecule has 0 saturated heterocycles. The summed E-state index contributed by atoms with van der Waals surface area (Å²) in [6, 6.07) is 4.59. The minimum absolute atomic E-state index is 0.0337. The van der Waals surface area contributed by atoms with Gasteiger partial charge in [-0.3, -0.25) is 10.1 Å². The number of non-ortho nitro benzene ring substituents is 1. The van der Waals surface area contributed by atoms with Gasteiger partial charge < -0.3 is 5.32 Å². The summed E-state index contributed by atoms with van der Waals surface area (Å²) < 4.78 is 0. The third kappa shape index (κ3) is 2.51. The Balaban J connectivity index is 2.07. The molecule has 0 radical (unpaired) electrons. The molecule has 0 amide bonds. The fourth-order valence-electron chi connectivity index (χ4n) is 1.47. The SMILES string of the molecule is CC1(NCc2ccc([N+](=O)[O-])cc2Cl)CC1. The molecule has 0 heterocycles. The molecule has 86 valence electrons. The third-order valence-electron chi connectivity index (χ3n) is 2.95. The van der Waals surface area contributed by atoms with E-state index < -0.39 is 4.92 Å². The molecular formula is C11H13ClN2O2. The maximum absolute atomic E-state index is 10.5. The predicted molar refractivity (Wildman–Crippen MR) is 62.6 cm³/mol. The largest absolute Gasteiger partial charge is 0.307 e. The summed E-state index contributed by atoms with van der Waals surface area (Å²) in [7, 11) is 0. The zero-order chi connectivity index (χ0) is 11.8. The summed E-state index contributed by atoms with van der Waals surface area (Å²) >= 11 is 5.98. The molecule has 1 aliphatic carbocycles. The first-order valence-corrected chi connectivity index (χ1v) is 5.56. The predicted octanol–water partition coefficient (Wildman–Crippen LogP) is 2.89. The first kappa shape index (κ1) is 11.4. The maximum Gasteiger partial charge on any atom is 0.270 e. The molecule has 1 fully saturated rings. The van der Waals surface area contributed by atoms with Crippen molar-refractivity contribution in [2.75, 3.05) is 0 Å². The molecule has 1 saturated carbocycles. The van der Waals surface area contributed by atoms with Crippen LogP contribution in [0.3, 0.4) is 0 Å². The molecule has 0 unspecified atom stereocenters. The van der Waals surface area contributed by atoms with Gasteiger partial charge in [0.1, 0.15) is 0 Å². The standard InChI is InChI=1S/C11H13ClN2O2/c1-11(4-5-11)13-7-8-2-3-9(14(15)16)6-10(8)12/h2-3,6,13H,4-5,7H2,1H3. The van der Waals surface area contributed by atoms with Crippen LogP contribution in [0.1, 0.15) is 25.3 Å². The van der Waals surface area contributed by atoms with Gasteiger partial charge >= 0.3 is 0 Å². The Hall–Kier alpha value is -1.13. The molecule has 0 aromatic heterocycles. The van der Waals surface area contributed by atoms with Crippen LogP contribution in [0.25, 0.3) is 0 Å². The molecule has 4 nitrogen and oxygen atoms in total. The quantitative estimate of drug-likeness (QED) is 0.650. The lowest BCUT2D eigenvalue weighted by molar-refractivity contribution is -0.384. The molecule has 0 bridgehead atoms. The Bertz CT molecular complexity index is 430. The van der Waals surface area contributed by atoms with Crippen molar-refractivity contribution < 1.29 is 4.92 Å². The van der Waals surface area contributed by atoms with Crippen molar-refractivity contribution >= 4 is 17.3 Å². The van der Waals surface area contributed by atoms with Crippen LogP contribution in [0.5, 0.6) is 0 Å².